The van der Waals surface area contributed by atoms with Crippen molar-refractivity contribution in [1.29, 1.82) is 0 Å². The first-order valence-electron chi connectivity index (χ1n) is 5.89. The van der Waals surface area contributed by atoms with Gasteiger partial charge in [0.05, 0.1) is 0 Å². The quantitative estimate of drug-likeness (QED) is 0.857. The number of aromatic nitrogens is 1. The standard InChI is InChI=1S/C14H14ClNO3/c1-3-16-8-9(2)12(13(16)19-14(17)18)10-4-6-11(15)7-5-10/h4-8H,3H2,1-2H3,(H,17,18). The monoisotopic (exact) mass is 279 g/mol. The molecule has 0 unspecified atom stereocenters. The second kappa shape index (κ2) is 5.36. The molecule has 0 spiro atoms. The summed E-state index contributed by atoms with van der Waals surface area (Å²) in [6.45, 7) is 4.49. The van der Waals surface area contributed by atoms with Gasteiger partial charge in [0.1, 0.15) is 0 Å². The van der Waals surface area contributed by atoms with Crippen molar-refractivity contribution in [2.75, 3.05) is 0 Å². The summed E-state index contributed by atoms with van der Waals surface area (Å²) in [7, 11) is 0. The minimum atomic E-state index is -1.32. The van der Waals surface area contributed by atoms with Crippen LogP contribution in [0.15, 0.2) is 30.5 Å². The lowest BCUT2D eigenvalue weighted by atomic mass is 10.1. The van der Waals surface area contributed by atoms with Crippen LogP contribution < -0.4 is 4.74 Å². The van der Waals surface area contributed by atoms with Crippen molar-refractivity contribution in [3.8, 4) is 17.0 Å². The minimum Gasteiger partial charge on any atom is -0.449 e. The molecule has 1 aromatic carbocycles. The van der Waals surface area contributed by atoms with Crippen LogP contribution in [0.1, 0.15) is 12.5 Å². The zero-order chi connectivity index (χ0) is 14.0. The van der Waals surface area contributed by atoms with Gasteiger partial charge in [-0.2, -0.15) is 0 Å². The maximum atomic E-state index is 10.8. The second-order valence-electron chi connectivity index (χ2n) is 4.15. The molecular weight excluding hydrogens is 266 g/mol. The van der Waals surface area contributed by atoms with Crippen LogP contribution in [0.2, 0.25) is 5.02 Å². The van der Waals surface area contributed by atoms with Gasteiger partial charge in [0.2, 0.25) is 5.88 Å². The number of carbonyl (C=O) groups is 1. The van der Waals surface area contributed by atoms with Crippen LogP contribution in [0.5, 0.6) is 5.88 Å². The second-order valence-corrected chi connectivity index (χ2v) is 4.59. The van der Waals surface area contributed by atoms with Gasteiger partial charge in [-0.3, -0.25) is 0 Å². The molecule has 0 aliphatic carbocycles. The molecule has 0 fully saturated rings. The van der Waals surface area contributed by atoms with E-state index in [2.05, 4.69) is 0 Å². The van der Waals surface area contributed by atoms with E-state index in [9.17, 15) is 4.79 Å². The predicted octanol–water partition coefficient (Wildman–Crippen LogP) is 4.19. The molecule has 0 saturated heterocycles. The van der Waals surface area contributed by atoms with Gasteiger partial charge in [-0.25, -0.2) is 4.79 Å². The number of benzene rings is 1. The number of carboxylic acid groups (broad SMARTS) is 1. The molecule has 100 valence electrons. The largest absolute Gasteiger partial charge is 0.512 e. The summed E-state index contributed by atoms with van der Waals surface area (Å²) < 4.78 is 6.69. The van der Waals surface area contributed by atoms with E-state index in [0.29, 0.717) is 17.4 Å². The average Bonchev–Trinajstić information content (AvgIpc) is 2.66. The van der Waals surface area contributed by atoms with Crippen LogP contribution in [0.25, 0.3) is 11.1 Å². The summed E-state index contributed by atoms with van der Waals surface area (Å²) in [5.74, 6) is 0.342. The number of hydrogen-bond acceptors (Lipinski definition) is 2. The Morgan fingerprint density at radius 3 is 2.53 bits per heavy atom. The van der Waals surface area contributed by atoms with E-state index in [-0.39, 0.29) is 0 Å². The number of aryl methyl sites for hydroxylation is 2. The summed E-state index contributed by atoms with van der Waals surface area (Å²) in [5, 5.41) is 9.49. The highest BCUT2D eigenvalue weighted by atomic mass is 35.5. The molecular formula is C14H14ClNO3. The minimum absolute atomic E-state index is 0.342. The predicted molar refractivity (Wildman–Crippen MR) is 73.9 cm³/mol. The number of nitrogens with zero attached hydrogens (tertiary/aromatic N) is 1. The lowest BCUT2D eigenvalue weighted by Gasteiger charge is -2.08. The summed E-state index contributed by atoms with van der Waals surface area (Å²) in [6, 6.07) is 7.23. The Hall–Kier alpha value is -1.94. The molecule has 0 aliphatic rings. The Kier molecular flexibility index (Phi) is 3.81. The highest BCUT2D eigenvalue weighted by molar-refractivity contribution is 6.30. The molecule has 0 radical (unpaired) electrons. The summed E-state index contributed by atoms with van der Waals surface area (Å²) in [6.07, 6.45) is 0.561. The van der Waals surface area contributed by atoms with E-state index in [1.807, 2.05) is 32.2 Å². The highest BCUT2D eigenvalue weighted by Gasteiger charge is 2.18. The average molecular weight is 280 g/mol. The molecule has 1 aromatic heterocycles. The smallest absolute Gasteiger partial charge is 0.449 e. The zero-order valence-electron chi connectivity index (χ0n) is 10.7. The van der Waals surface area contributed by atoms with Gasteiger partial charge in [0, 0.05) is 23.3 Å². The Morgan fingerprint density at radius 2 is 2.00 bits per heavy atom. The molecule has 1 N–H and O–H groups in total. The van der Waals surface area contributed by atoms with Crippen molar-refractivity contribution in [1.82, 2.24) is 4.57 Å². The highest BCUT2D eigenvalue weighted by Crippen LogP contribution is 2.35. The third-order valence-electron chi connectivity index (χ3n) is 2.88. The van der Waals surface area contributed by atoms with E-state index in [1.54, 1.807) is 16.7 Å². The van der Waals surface area contributed by atoms with Gasteiger partial charge in [-0.1, -0.05) is 23.7 Å². The van der Waals surface area contributed by atoms with Crippen molar-refractivity contribution in [2.24, 2.45) is 0 Å². The van der Waals surface area contributed by atoms with Gasteiger partial charge >= 0.3 is 6.16 Å². The Morgan fingerprint density at radius 1 is 1.37 bits per heavy atom. The Bertz CT molecular complexity index is 602. The third-order valence-corrected chi connectivity index (χ3v) is 3.13. The van der Waals surface area contributed by atoms with Crippen LogP contribution >= 0.6 is 11.6 Å². The fraction of sp³-hybridized carbons (Fsp3) is 0.214. The van der Waals surface area contributed by atoms with Gasteiger partial charge in [0.25, 0.3) is 0 Å². The molecule has 0 amide bonds. The fourth-order valence-electron chi connectivity index (χ4n) is 2.06. The first kappa shape index (κ1) is 13.5. The number of halogens is 1. The van der Waals surface area contributed by atoms with Crippen LogP contribution in [0, 0.1) is 6.92 Å². The molecule has 4 nitrogen and oxygen atoms in total. The topological polar surface area (TPSA) is 51.5 Å². The maximum Gasteiger partial charge on any atom is 0.512 e. The molecule has 0 atom stereocenters. The fourth-order valence-corrected chi connectivity index (χ4v) is 2.19. The van der Waals surface area contributed by atoms with Crippen LogP contribution in [-0.2, 0) is 6.54 Å². The lowest BCUT2D eigenvalue weighted by molar-refractivity contribution is 0.141. The SMILES string of the molecule is CCn1cc(C)c(-c2ccc(Cl)cc2)c1OC(=O)O. The summed E-state index contributed by atoms with van der Waals surface area (Å²) >= 11 is 5.86. The zero-order valence-corrected chi connectivity index (χ0v) is 11.4. The van der Waals surface area contributed by atoms with E-state index >= 15 is 0 Å². The van der Waals surface area contributed by atoms with Crippen molar-refractivity contribution in [3.63, 3.8) is 0 Å². The van der Waals surface area contributed by atoms with Gasteiger partial charge < -0.3 is 14.4 Å². The lowest BCUT2D eigenvalue weighted by Crippen LogP contribution is -2.08. The molecule has 0 saturated carbocycles. The Balaban J connectivity index is 2.57. The number of rotatable bonds is 3. The van der Waals surface area contributed by atoms with E-state index in [0.717, 1.165) is 16.7 Å². The first-order chi connectivity index (χ1) is 9.02. The van der Waals surface area contributed by atoms with Crippen LogP contribution in [0.4, 0.5) is 4.79 Å². The van der Waals surface area contributed by atoms with Crippen molar-refractivity contribution in [3.05, 3.63) is 41.0 Å². The molecule has 2 aromatic rings. The molecule has 5 heteroatoms. The normalized spacial score (nSPS) is 10.5. The van der Waals surface area contributed by atoms with Crippen molar-refractivity contribution < 1.29 is 14.6 Å². The van der Waals surface area contributed by atoms with Crippen LogP contribution in [0.3, 0.4) is 0 Å². The van der Waals surface area contributed by atoms with Crippen molar-refractivity contribution in [2.45, 2.75) is 20.4 Å². The third kappa shape index (κ3) is 2.74. The summed E-state index contributed by atoms with van der Waals surface area (Å²) in [5.41, 5.74) is 2.62. The number of hydrogen-bond donors (Lipinski definition) is 1. The molecule has 2 rings (SSSR count). The molecule has 0 aliphatic heterocycles. The van der Waals surface area contributed by atoms with Gasteiger partial charge in [-0.05, 0) is 37.1 Å². The molecule has 19 heavy (non-hydrogen) atoms. The Labute approximate surface area is 116 Å². The molecule has 0 bridgehead atoms. The number of ether oxygens (including phenoxy) is 1. The van der Waals surface area contributed by atoms with E-state index in [1.165, 1.54) is 0 Å². The van der Waals surface area contributed by atoms with E-state index in [4.69, 9.17) is 21.4 Å². The maximum absolute atomic E-state index is 10.8. The first-order valence-corrected chi connectivity index (χ1v) is 6.27. The molecule has 1 heterocycles. The van der Waals surface area contributed by atoms with Gasteiger partial charge in [0.15, 0.2) is 0 Å². The van der Waals surface area contributed by atoms with Crippen LogP contribution in [-0.4, -0.2) is 15.8 Å². The summed E-state index contributed by atoms with van der Waals surface area (Å²) in [4.78, 5) is 10.8. The van der Waals surface area contributed by atoms with E-state index < -0.39 is 6.16 Å². The van der Waals surface area contributed by atoms with Gasteiger partial charge in [-0.15, -0.1) is 0 Å². The van der Waals surface area contributed by atoms with Crippen molar-refractivity contribution >= 4 is 17.8 Å².